The van der Waals surface area contributed by atoms with Gasteiger partial charge in [0, 0.05) is 25.0 Å². The van der Waals surface area contributed by atoms with Gasteiger partial charge in [-0.2, -0.15) is 0 Å². The zero-order chi connectivity index (χ0) is 13.0. The van der Waals surface area contributed by atoms with E-state index in [9.17, 15) is 0 Å². The van der Waals surface area contributed by atoms with Gasteiger partial charge >= 0.3 is 0 Å². The summed E-state index contributed by atoms with van der Waals surface area (Å²) in [6.07, 6.45) is 5.15. The summed E-state index contributed by atoms with van der Waals surface area (Å²) in [5.41, 5.74) is 0. The molecule has 2 rings (SSSR count). The standard InChI is InChI=1S/C14H21N3S/c1-4-11(2)12(15-3)10-17-8-7-16-14(17)13-6-5-9-18-13/h5-9,11-12,15H,4,10H2,1-3H3. The lowest BCUT2D eigenvalue weighted by Crippen LogP contribution is -2.36. The summed E-state index contributed by atoms with van der Waals surface area (Å²) < 4.78 is 2.25. The minimum absolute atomic E-state index is 0.489. The number of rotatable bonds is 6. The second kappa shape index (κ2) is 6.16. The molecule has 18 heavy (non-hydrogen) atoms. The zero-order valence-corrected chi connectivity index (χ0v) is 12.1. The average molecular weight is 263 g/mol. The van der Waals surface area contributed by atoms with Crippen LogP contribution < -0.4 is 5.32 Å². The third-order valence-electron chi connectivity index (χ3n) is 3.55. The van der Waals surface area contributed by atoms with E-state index >= 15 is 0 Å². The largest absolute Gasteiger partial charge is 0.329 e. The number of nitrogens with one attached hydrogen (secondary N) is 1. The van der Waals surface area contributed by atoms with Gasteiger partial charge in [0.25, 0.3) is 0 Å². The Morgan fingerprint density at radius 2 is 2.33 bits per heavy atom. The van der Waals surface area contributed by atoms with Crippen molar-refractivity contribution in [2.45, 2.75) is 32.9 Å². The van der Waals surface area contributed by atoms with E-state index in [0.717, 1.165) is 12.4 Å². The number of thiophene rings is 1. The smallest absolute Gasteiger partial charge is 0.150 e. The monoisotopic (exact) mass is 263 g/mol. The molecule has 0 saturated heterocycles. The van der Waals surface area contributed by atoms with Crippen molar-refractivity contribution in [1.29, 1.82) is 0 Å². The lowest BCUT2D eigenvalue weighted by Gasteiger charge is -2.23. The van der Waals surface area contributed by atoms with Crippen LogP contribution in [0.2, 0.25) is 0 Å². The second-order valence-corrected chi connectivity index (χ2v) is 5.61. The predicted molar refractivity (Wildman–Crippen MR) is 77.8 cm³/mol. The van der Waals surface area contributed by atoms with E-state index in [1.54, 1.807) is 11.3 Å². The van der Waals surface area contributed by atoms with Crippen LogP contribution in [0.3, 0.4) is 0 Å². The summed E-state index contributed by atoms with van der Waals surface area (Å²) in [4.78, 5) is 5.71. The molecule has 1 N–H and O–H groups in total. The van der Waals surface area contributed by atoms with Crippen molar-refractivity contribution in [2.24, 2.45) is 5.92 Å². The first-order chi connectivity index (χ1) is 8.76. The minimum atomic E-state index is 0.489. The van der Waals surface area contributed by atoms with Crippen LogP contribution in [-0.4, -0.2) is 22.6 Å². The summed E-state index contributed by atoms with van der Waals surface area (Å²) in [6.45, 7) is 5.50. The molecular formula is C14H21N3S. The van der Waals surface area contributed by atoms with Gasteiger partial charge in [0.2, 0.25) is 0 Å². The van der Waals surface area contributed by atoms with Crippen molar-refractivity contribution < 1.29 is 0 Å². The van der Waals surface area contributed by atoms with E-state index < -0.39 is 0 Å². The molecule has 0 fully saturated rings. The highest BCUT2D eigenvalue weighted by molar-refractivity contribution is 7.13. The van der Waals surface area contributed by atoms with Gasteiger partial charge in [0.15, 0.2) is 0 Å². The van der Waals surface area contributed by atoms with Crippen LogP contribution in [0.25, 0.3) is 10.7 Å². The fourth-order valence-corrected chi connectivity index (χ4v) is 2.88. The molecular weight excluding hydrogens is 242 g/mol. The molecule has 0 spiro atoms. The molecule has 0 saturated carbocycles. The van der Waals surface area contributed by atoms with Crippen molar-refractivity contribution >= 4 is 11.3 Å². The van der Waals surface area contributed by atoms with Gasteiger partial charge in [-0.1, -0.05) is 26.3 Å². The fraction of sp³-hybridized carbons (Fsp3) is 0.500. The van der Waals surface area contributed by atoms with Crippen LogP contribution >= 0.6 is 11.3 Å². The highest BCUT2D eigenvalue weighted by Crippen LogP contribution is 2.23. The van der Waals surface area contributed by atoms with E-state index in [4.69, 9.17) is 0 Å². The molecule has 98 valence electrons. The number of imidazole rings is 1. The molecule has 0 aromatic carbocycles. The summed E-state index contributed by atoms with van der Waals surface area (Å²) in [5.74, 6) is 1.74. The van der Waals surface area contributed by atoms with Gasteiger partial charge in [0.05, 0.1) is 4.88 Å². The van der Waals surface area contributed by atoms with E-state index in [-0.39, 0.29) is 0 Å². The van der Waals surface area contributed by atoms with Gasteiger partial charge in [-0.3, -0.25) is 0 Å². The van der Waals surface area contributed by atoms with E-state index in [1.807, 2.05) is 13.2 Å². The van der Waals surface area contributed by atoms with Gasteiger partial charge in [-0.05, 0) is 24.4 Å². The molecule has 0 amide bonds. The quantitative estimate of drug-likeness (QED) is 0.867. The van der Waals surface area contributed by atoms with Crippen molar-refractivity contribution in [3.63, 3.8) is 0 Å². The Balaban J connectivity index is 2.17. The Hall–Kier alpha value is -1.13. The summed E-state index contributed by atoms with van der Waals surface area (Å²) >= 11 is 1.74. The van der Waals surface area contributed by atoms with Crippen LogP contribution in [0.5, 0.6) is 0 Å². The topological polar surface area (TPSA) is 29.9 Å². The molecule has 2 atom stereocenters. The maximum absolute atomic E-state index is 4.48. The van der Waals surface area contributed by atoms with Crippen molar-refractivity contribution in [3.05, 3.63) is 29.9 Å². The molecule has 4 heteroatoms. The summed E-state index contributed by atoms with van der Waals surface area (Å²) in [6, 6.07) is 4.69. The zero-order valence-electron chi connectivity index (χ0n) is 11.3. The summed E-state index contributed by atoms with van der Waals surface area (Å²) in [5, 5.41) is 5.51. The van der Waals surface area contributed by atoms with E-state index in [1.165, 1.54) is 11.3 Å². The van der Waals surface area contributed by atoms with Crippen molar-refractivity contribution in [1.82, 2.24) is 14.9 Å². The normalized spacial score (nSPS) is 14.6. The Morgan fingerprint density at radius 3 is 2.94 bits per heavy atom. The SMILES string of the molecule is CCC(C)C(Cn1ccnc1-c1cccs1)NC. The van der Waals surface area contributed by atoms with Crippen LogP contribution in [0.4, 0.5) is 0 Å². The lowest BCUT2D eigenvalue weighted by molar-refractivity contribution is 0.349. The molecule has 0 aliphatic heterocycles. The first kappa shape index (κ1) is 13.3. The number of hydrogen-bond donors (Lipinski definition) is 1. The highest BCUT2D eigenvalue weighted by atomic mass is 32.1. The van der Waals surface area contributed by atoms with Crippen LogP contribution in [0, 0.1) is 5.92 Å². The maximum atomic E-state index is 4.48. The predicted octanol–water partition coefficient (Wildman–Crippen LogP) is 3.25. The number of aromatic nitrogens is 2. The Bertz CT molecular complexity index is 461. The Kier molecular flexibility index (Phi) is 4.55. The maximum Gasteiger partial charge on any atom is 0.150 e. The average Bonchev–Trinajstić information content (AvgIpc) is 3.05. The molecule has 0 aliphatic rings. The third-order valence-corrected chi connectivity index (χ3v) is 4.42. The van der Waals surface area contributed by atoms with Gasteiger partial charge in [-0.15, -0.1) is 11.3 Å². The first-order valence-corrected chi connectivity index (χ1v) is 7.36. The van der Waals surface area contributed by atoms with Crippen LogP contribution in [0.1, 0.15) is 20.3 Å². The molecule has 0 bridgehead atoms. The number of nitrogens with zero attached hydrogens (tertiary/aromatic N) is 2. The molecule has 2 unspecified atom stereocenters. The van der Waals surface area contributed by atoms with Gasteiger partial charge in [0.1, 0.15) is 5.82 Å². The second-order valence-electron chi connectivity index (χ2n) is 4.66. The highest BCUT2D eigenvalue weighted by Gasteiger charge is 2.16. The van der Waals surface area contributed by atoms with Crippen LogP contribution in [0.15, 0.2) is 29.9 Å². The number of hydrogen-bond acceptors (Lipinski definition) is 3. The number of likely N-dealkylation sites (N-methyl/N-ethyl adjacent to an activating group) is 1. The lowest BCUT2D eigenvalue weighted by atomic mass is 9.99. The van der Waals surface area contributed by atoms with Crippen LogP contribution in [-0.2, 0) is 6.54 Å². The van der Waals surface area contributed by atoms with Crippen molar-refractivity contribution in [3.8, 4) is 10.7 Å². The molecule has 3 nitrogen and oxygen atoms in total. The van der Waals surface area contributed by atoms with E-state index in [0.29, 0.717) is 12.0 Å². The fourth-order valence-electron chi connectivity index (χ4n) is 2.14. The molecule has 2 aromatic heterocycles. The molecule has 2 aromatic rings. The Morgan fingerprint density at radius 1 is 1.50 bits per heavy atom. The minimum Gasteiger partial charge on any atom is -0.329 e. The third kappa shape index (κ3) is 2.82. The molecule has 2 heterocycles. The Labute approximate surface area is 113 Å². The van der Waals surface area contributed by atoms with E-state index in [2.05, 4.69) is 52.4 Å². The van der Waals surface area contributed by atoms with Gasteiger partial charge in [-0.25, -0.2) is 4.98 Å². The first-order valence-electron chi connectivity index (χ1n) is 6.48. The van der Waals surface area contributed by atoms with Gasteiger partial charge < -0.3 is 9.88 Å². The molecule has 0 radical (unpaired) electrons. The molecule has 0 aliphatic carbocycles. The van der Waals surface area contributed by atoms with Crippen molar-refractivity contribution in [2.75, 3.05) is 7.05 Å². The summed E-state index contributed by atoms with van der Waals surface area (Å²) in [7, 11) is 2.04.